The molecule has 0 bridgehead atoms. The maximum Gasteiger partial charge on any atom is 0.152 e. The standard InChI is InChI=1S/C9H6N2O/c1-12-9-5-4-8(11-7-9)3-2-6-10/h4-5,7H,1H3. The maximum atomic E-state index is 8.15. The smallest absolute Gasteiger partial charge is 0.152 e. The van der Waals surface area contributed by atoms with Gasteiger partial charge in [0.1, 0.15) is 11.4 Å². The average Bonchev–Trinajstić information content (AvgIpc) is 2.15. The number of hydrogen-bond acceptors (Lipinski definition) is 3. The Labute approximate surface area is 70.6 Å². The highest BCUT2D eigenvalue weighted by atomic mass is 16.5. The Morgan fingerprint density at radius 3 is 2.83 bits per heavy atom. The highest BCUT2D eigenvalue weighted by molar-refractivity contribution is 5.34. The lowest BCUT2D eigenvalue weighted by atomic mass is 10.3. The Kier molecular flexibility index (Phi) is 2.70. The van der Waals surface area contributed by atoms with Crippen LogP contribution < -0.4 is 4.74 Å². The zero-order valence-electron chi connectivity index (χ0n) is 6.53. The summed E-state index contributed by atoms with van der Waals surface area (Å²) < 4.78 is 4.90. The van der Waals surface area contributed by atoms with Gasteiger partial charge < -0.3 is 4.74 Å². The third-order valence-electron chi connectivity index (χ3n) is 1.22. The normalized spacial score (nSPS) is 7.67. The summed E-state index contributed by atoms with van der Waals surface area (Å²) in [6.45, 7) is 0. The minimum Gasteiger partial charge on any atom is -0.495 e. The van der Waals surface area contributed by atoms with E-state index < -0.39 is 0 Å². The summed E-state index contributed by atoms with van der Waals surface area (Å²) in [5.74, 6) is 5.50. The molecule has 0 aliphatic rings. The number of ether oxygens (including phenoxy) is 1. The molecule has 0 spiro atoms. The van der Waals surface area contributed by atoms with Gasteiger partial charge in [0, 0.05) is 5.92 Å². The molecule has 1 rings (SSSR count). The van der Waals surface area contributed by atoms with Crippen LogP contribution in [0.3, 0.4) is 0 Å². The zero-order valence-corrected chi connectivity index (χ0v) is 6.53. The van der Waals surface area contributed by atoms with Gasteiger partial charge in [0.05, 0.1) is 13.3 Å². The molecule has 0 unspecified atom stereocenters. The quantitative estimate of drug-likeness (QED) is 0.572. The van der Waals surface area contributed by atoms with Crippen molar-refractivity contribution in [2.24, 2.45) is 0 Å². The van der Waals surface area contributed by atoms with E-state index in [9.17, 15) is 0 Å². The van der Waals surface area contributed by atoms with Gasteiger partial charge in [0.2, 0.25) is 0 Å². The summed E-state index contributed by atoms with van der Waals surface area (Å²) in [6.07, 6.45) is 1.56. The van der Waals surface area contributed by atoms with Crippen molar-refractivity contribution in [2.45, 2.75) is 0 Å². The van der Waals surface area contributed by atoms with Crippen LogP contribution in [-0.2, 0) is 0 Å². The molecule has 0 N–H and O–H groups in total. The van der Waals surface area contributed by atoms with Crippen molar-refractivity contribution in [3.05, 3.63) is 24.0 Å². The molecule has 0 radical (unpaired) electrons. The first-order valence-electron chi connectivity index (χ1n) is 3.27. The largest absolute Gasteiger partial charge is 0.495 e. The molecule has 1 aromatic heterocycles. The summed E-state index contributed by atoms with van der Waals surface area (Å²) in [7, 11) is 1.57. The summed E-state index contributed by atoms with van der Waals surface area (Å²) in [6, 6.07) is 5.15. The molecule has 0 amide bonds. The Hall–Kier alpha value is -2.00. The van der Waals surface area contributed by atoms with Gasteiger partial charge in [-0.2, -0.15) is 5.26 Å². The van der Waals surface area contributed by atoms with Crippen molar-refractivity contribution in [3.8, 4) is 23.7 Å². The molecule has 12 heavy (non-hydrogen) atoms. The Bertz CT molecular complexity index is 351. The number of nitriles is 1. The Balaban J connectivity index is 2.87. The molecule has 0 aromatic carbocycles. The number of hydrogen-bond donors (Lipinski definition) is 0. The second-order valence-electron chi connectivity index (χ2n) is 1.95. The number of rotatable bonds is 1. The topological polar surface area (TPSA) is 45.9 Å². The lowest BCUT2D eigenvalue weighted by Gasteiger charge is -1.96. The van der Waals surface area contributed by atoms with Gasteiger partial charge in [-0.1, -0.05) is 0 Å². The average molecular weight is 158 g/mol. The van der Waals surface area contributed by atoms with E-state index >= 15 is 0 Å². The molecule has 1 aromatic rings. The monoisotopic (exact) mass is 158 g/mol. The van der Waals surface area contributed by atoms with Crippen LogP contribution in [0, 0.1) is 23.2 Å². The molecule has 0 saturated heterocycles. The Morgan fingerprint density at radius 2 is 2.33 bits per heavy atom. The Morgan fingerprint density at radius 1 is 1.50 bits per heavy atom. The van der Waals surface area contributed by atoms with Crippen molar-refractivity contribution >= 4 is 0 Å². The van der Waals surface area contributed by atoms with E-state index in [4.69, 9.17) is 10.00 Å². The fraction of sp³-hybridized carbons (Fsp3) is 0.111. The third kappa shape index (κ3) is 2.00. The molecule has 0 saturated carbocycles. The van der Waals surface area contributed by atoms with Gasteiger partial charge in [0.25, 0.3) is 0 Å². The molecule has 0 fully saturated rings. The van der Waals surface area contributed by atoms with Crippen LogP contribution in [-0.4, -0.2) is 12.1 Å². The van der Waals surface area contributed by atoms with Crippen LogP contribution in [0.1, 0.15) is 5.69 Å². The lowest BCUT2D eigenvalue weighted by Crippen LogP contribution is -1.85. The van der Waals surface area contributed by atoms with E-state index in [1.165, 1.54) is 0 Å². The molecule has 58 valence electrons. The minimum absolute atomic E-state index is 0.567. The van der Waals surface area contributed by atoms with Gasteiger partial charge in [-0.15, -0.1) is 0 Å². The summed E-state index contributed by atoms with van der Waals surface area (Å²) in [5.41, 5.74) is 0.567. The molecule has 3 heteroatoms. The van der Waals surface area contributed by atoms with Gasteiger partial charge in [-0.05, 0) is 18.1 Å². The molecule has 1 heterocycles. The predicted molar refractivity (Wildman–Crippen MR) is 43.3 cm³/mol. The lowest BCUT2D eigenvalue weighted by molar-refractivity contribution is 0.413. The summed E-state index contributed by atoms with van der Waals surface area (Å²) in [5, 5.41) is 8.15. The first-order chi connectivity index (χ1) is 5.86. The molecular weight excluding hydrogens is 152 g/mol. The third-order valence-corrected chi connectivity index (χ3v) is 1.22. The van der Waals surface area contributed by atoms with E-state index in [0.717, 1.165) is 0 Å². The zero-order chi connectivity index (χ0) is 8.81. The molecule has 0 aliphatic heterocycles. The van der Waals surface area contributed by atoms with Crippen LogP contribution in [0.4, 0.5) is 0 Å². The van der Waals surface area contributed by atoms with Crippen LogP contribution in [0.5, 0.6) is 5.75 Å². The highest BCUT2D eigenvalue weighted by Gasteiger charge is 1.90. The van der Waals surface area contributed by atoms with Crippen molar-refractivity contribution in [1.29, 1.82) is 5.26 Å². The highest BCUT2D eigenvalue weighted by Crippen LogP contribution is 2.06. The summed E-state index contributed by atoms with van der Waals surface area (Å²) in [4.78, 5) is 3.94. The van der Waals surface area contributed by atoms with Crippen molar-refractivity contribution in [3.63, 3.8) is 0 Å². The fourth-order valence-corrected chi connectivity index (χ4v) is 0.667. The van der Waals surface area contributed by atoms with E-state index in [2.05, 4.69) is 16.8 Å². The van der Waals surface area contributed by atoms with Gasteiger partial charge >= 0.3 is 0 Å². The van der Waals surface area contributed by atoms with Crippen molar-refractivity contribution < 1.29 is 4.74 Å². The SMILES string of the molecule is COc1ccc(C#CC#N)nc1. The first kappa shape index (κ1) is 8.10. The number of nitrogens with zero attached hydrogens (tertiary/aromatic N) is 2. The van der Waals surface area contributed by atoms with Gasteiger partial charge in [0.15, 0.2) is 6.07 Å². The van der Waals surface area contributed by atoms with Crippen LogP contribution in [0.15, 0.2) is 18.3 Å². The van der Waals surface area contributed by atoms with Crippen LogP contribution >= 0.6 is 0 Å². The molecule has 0 atom stereocenters. The second kappa shape index (κ2) is 4.00. The number of pyridine rings is 1. The van der Waals surface area contributed by atoms with E-state index in [0.29, 0.717) is 11.4 Å². The summed E-state index contributed by atoms with van der Waals surface area (Å²) >= 11 is 0. The van der Waals surface area contributed by atoms with Crippen LogP contribution in [0.2, 0.25) is 0 Å². The van der Waals surface area contributed by atoms with E-state index in [1.807, 2.05) is 0 Å². The van der Waals surface area contributed by atoms with Gasteiger partial charge in [-0.3, -0.25) is 0 Å². The second-order valence-corrected chi connectivity index (χ2v) is 1.95. The van der Waals surface area contributed by atoms with Crippen molar-refractivity contribution in [2.75, 3.05) is 7.11 Å². The fourth-order valence-electron chi connectivity index (χ4n) is 0.667. The predicted octanol–water partition coefficient (Wildman–Crippen LogP) is 0.965. The number of aromatic nitrogens is 1. The van der Waals surface area contributed by atoms with E-state index in [1.54, 1.807) is 31.5 Å². The van der Waals surface area contributed by atoms with Crippen LogP contribution in [0.25, 0.3) is 0 Å². The molecular formula is C9H6N2O. The number of methoxy groups -OCH3 is 1. The van der Waals surface area contributed by atoms with Crippen molar-refractivity contribution in [1.82, 2.24) is 4.98 Å². The molecule has 3 nitrogen and oxygen atoms in total. The van der Waals surface area contributed by atoms with E-state index in [-0.39, 0.29) is 0 Å². The maximum absolute atomic E-state index is 8.15. The minimum atomic E-state index is 0.567. The first-order valence-corrected chi connectivity index (χ1v) is 3.27. The molecule has 0 aliphatic carbocycles. The van der Waals surface area contributed by atoms with Gasteiger partial charge in [-0.25, -0.2) is 4.98 Å².